The maximum Gasteiger partial charge on any atom is 0.419 e. The van der Waals surface area contributed by atoms with E-state index in [1.54, 1.807) is 0 Å². The van der Waals surface area contributed by atoms with E-state index < -0.39 is 58.3 Å². The topological polar surface area (TPSA) is 52.0 Å². The van der Waals surface area contributed by atoms with Crippen molar-refractivity contribution in [2.24, 2.45) is 11.5 Å². The molecule has 0 aliphatic rings. The Kier molecular flexibility index (Phi) is 5.29. The standard InChI is InChI=1S/C16H12F8N2/c17-11-7(3-1-5-9(11)15(19,20)21)13(25)14(26)8-4-2-6-10(12(8)18)16(22,23)24/h1-6,13-14H,25-26H2. The van der Waals surface area contributed by atoms with Crippen molar-refractivity contribution in [2.45, 2.75) is 24.4 Å². The molecule has 0 bridgehead atoms. The van der Waals surface area contributed by atoms with E-state index in [9.17, 15) is 35.1 Å². The minimum atomic E-state index is -5.01. The highest BCUT2D eigenvalue weighted by Crippen LogP contribution is 2.38. The van der Waals surface area contributed by atoms with Gasteiger partial charge in [-0.05, 0) is 12.1 Å². The number of hydrogen-bond acceptors (Lipinski definition) is 2. The number of halogens is 8. The van der Waals surface area contributed by atoms with E-state index in [2.05, 4.69) is 0 Å². The molecule has 2 aromatic carbocycles. The molecule has 2 atom stereocenters. The SMILES string of the molecule is NC(c1cccc(C(F)(F)F)c1F)C(N)c1cccc(C(F)(F)F)c1F. The zero-order valence-electron chi connectivity index (χ0n) is 12.8. The van der Waals surface area contributed by atoms with E-state index in [0.29, 0.717) is 12.1 Å². The van der Waals surface area contributed by atoms with E-state index in [4.69, 9.17) is 11.5 Å². The predicted octanol–water partition coefficient (Wildman–Crippen LogP) is 4.70. The first-order valence-corrected chi connectivity index (χ1v) is 7.08. The summed E-state index contributed by atoms with van der Waals surface area (Å²) in [7, 11) is 0. The molecule has 0 spiro atoms. The first-order valence-electron chi connectivity index (χ1n) is 7.08. The lowest BCUT2D eigenvalue weighted by molar-refractivity contribution is -0.141. The zero-order chi connectivity index (χ0) is 19.9. The van der Waals surface area contributed by atoms with Crippen molar-refractivity contribution >= 4 is 0 Å². The van der Waals surface area contributed by atoms with Gasteiger partial charge in [-0.15, -0.1) is 0 Å². The first-order chi connectivity index (χ1) is 11.9. The van der Waals surface area contributed by atoms with Gasteiger partial charge in [0.25, 0.3) is 0 Å². The van der Waals surface area contributed by atoms with Crippen molar-refractivity contribution in [3.05, 3.63) is 70.3 Å². The van der Waals surface area contributed by atoms with Crippen LogP contribution in [0.4, 0.5) is 35.1 Å². The molecule has 2 nitrogen and oxygen atoms in total. The van der Waals surface area contributed by atoms with Crippen molar-refractivity contribution in [3.8, 4) is 0 Å². The third-order valence-electron chi connectivity index (χ3n) is 3.77. The highest BCUT2D eigenvalue weighted by atomic mass is 19.4. The lowest BCUT2D eigenvalue weighted by atomic mass is 9.92. The minimum absolute atomic E-state index is 0.474. The van der Waals surface area contributed by atoms with Gasteiger partial charge in [-0.1, -0.05) is 24.3 Å². The fraction of sp³-hybridized carbons (Fsp3) is 0.250. The van der Waals surface area contributed by atoms with Crippen LogP contribution in [0.1, 0.15) is 34.3 Å². The normalized spacial score (nSPS) is 15.0. The molecule has 4 N–H and O–H groups in total. The maximum atomic E-state index is 14.1. The van der Waals surface area contributed by atoms with Gasteiger partial charge in [0, 0.05) is 11.1 Å². The van der Waals surface area contributed by atoms with Gasteiger partial charge in [0.15, 0.2) is 0 Å². The fourth-order valence-electron chi connectivity index (χ4n) is 2.44. The molecule has 2 unspecified atom stereocenters. The van der Waals surface area contributed by atoms with Crippen LogP contribution in [-0.4, -0.2) is 0 Å². The number of rotatable bonds is 3. The van der Waals surface area contributed by atoms with Crippen LogP contribution < -0.4 is 11.5 Å². The fourth-order valence-corrected chi connectivity index (χ4v) is 2.44. The van der Waals surface area contributed by atoms with Crippen LogP contribution in [0.5, 0.6) is 0 Å². The van der Waals surface area contributed by atoms with Gasteiger partial charge in [-0.2, -0.15) is 26.3 Å². The Hall–Kier alpha value is -2.20. The largest absolute Gasteiger partial charge is 0.419 e. The van der Waals surface area contributed by atoms with Gasteiger partial charge in [0.2, 0.25) is 0 Å². The summed E-state index contributed by atoms with van der Waals surface area (Å²) in [5.41, 5.74) is 6.66. The van der Waals surface area contributed by atoms with Crippen LogP contribution in [0.2, 0.25) is 0 Å². The van der Waals surface area contributed by atoms with Crippen LogP contribution in [0.3, 0.4) is 0 Å². The number of nitrogens with two attached hydrogens (primary N) is 2. The van der Waals surface area contributed by atoms with E-state index in [0.717, 1.165) is 24.3 Å². The molecule has 0 amide bonds. The lowest BCUT2D eigenvalue weighted by Crippen LogP contribution is -2.29. The molecule has 10 heteroatoms. The molecular formula is C16H12F8N2. The van der Waals surface area contributed by atoms with Crippen LogP contribution in [0, 0.1) is 11.6 Å². The summed E-state index contributed by atoms with van der Waals surface area (Å²) in [4.78, 5) is 0. The molecular weight excluding hydrogens is 372 g/mol. The average Bonchev–Trinajstić information content (AvgIpc) is 2.51. The first kappa shape index (κ1) is 20.1. The quantitative estimate of drug-likeness (QED) is 0.754. The summed E-state index contributed by atoms with van der Waals surface area (Å²) >= 11 is 0. The van der Waals surface area contributed by atoms with Gasteiger partial charge in [0.05, 0.1) is 23.2 Å². The number of benzene rings is 2. The molecule has 2 aromatic rings. The monoisotopic (exact) mass is 384 g/mol. The summed E-state index contributed by atoms with van der Waals surface area (Å²) in [6, 6.07) is 1.07. The Balaban J connectivity index is 2.48. The Morgan fingerprint density at radius 3 is 1.19 bits per heavy atom. The highest BCUT2D eigenvalue weighted by Gasteiger charge is 2.38. The van der Waals surface area contributed by atoms with Gasteiger partial charge >= 0.3 is 12.4 Å². The Morgan fingerprint density at radius 1 is 0.615 bits per heavy atom. The molecule has 2 rings (SSSR count). The maximum absolute atomic E-state index is 14.1. The summed E-state index contributed by atoms with van der Waals surface area (Å²) in [6.45, 7) is 0. The minimum Gasteiger partial charge on any atom is -0.322 e. The van der Waals surface area contributed by atoms with Crippen LogP contribution in [0.25, 0.3) is 0 Å². The third kappa shape index (κ3) is 3.80. The second-order valence-electron chi connectivity index (χ2n) is 5.46. The van der Waals surface area contributed by atoms with Crippen molar-refractivity contribution in [1.82, 2.24) is 0 Å². The van der Waals surface area contributed by atoms with Gasteiger partial charge < -0.3 is 11.5 Å². The predicted molar refractivity (Wildman–Crippen MR) is 76.7 cm³/mol. The molecule has 0 saturated carbocycles. The summed E-state index contributed by atoms with van der Waals surface area (Å²) in [5, 5.41) is 0. The Labute approximate surface area is 142 Å². The number of alkyl halides is 6. The van der Waals surface area contributed by atoms with E-state index >= 15 is 0 Å². The second-order valence-corrected chi connectivity index (χ2v) is 5.46. The zero-order valence-corrected chi connectivity index (χ0v) is 12.8. The van der Waals surface area contributed by atoms with Crippen LogP contribution >= 0.6 is 0 Å². The van der Waals surface area contributed by atoms with E-state index in [1.807, 2.05) is 0 Å². The summed E-state index contributed by atoms with van der Waals surface area (Å²) in [5.74, 6) is -3.43. The molecule has 0 radical (unpaired) electrons. The Morgan fingerprint density at radius 2 is 0.923 bits per heavy atom. The molecule has 142 valence electrons. The van der Waals surface area contributed by atoms with Crippen LogP contribution in [0.15, 0.2) is 36.4 Å². The smallest absolute Gasteiger partial charge is 0.322 e. The van der Waals surface area contributed by atoms with E-state index in [1.165, 1.54) is 0 Å². The van der Waals surface area contributed by atoms with Gasteiger partial charge in [-0.25, -0.2) is 8.78 Å². The molecule has 26 heavy (non-hydrogen) atoms. The van der Waals surface area contributed by atoms with E-state index in [-0.39, 0.29) is 0 Å². The van der Waals surface area contributed by atoms with Crippen molar-refractivity contribution in [2.75, 3.05) is 0 Å². The third-order valence-corrected chi connectivity index (χ3v) is 3.77. The molecule has 0 aromatic heterocycles. The molecule has 0 aliphatic heterocycles. The van der Waals surface area contributed by atoms with Crippen molar-refractivity contribution in [3.63, 3.8) is 0 Å². The summed E-state index contributed by atoms with van der Waals surface area (Å²) in [6.07, 6.45) is -10.0. The van der Waals surface area contributed by atoms with Gasteiger partial charge in [0.1, 0.15) is 11.6 Å². The molecule has 0 aliphatic carbocycles. The second kappa shape index (κ2) is 6.84. The summed E-state index contributed by atoms with van der Waals surface area (Å²) < 4.78 is 105. The van der Waals surface area contributed by atoms with Crippen molar-refractivity contribution < 1.29 is 35.1 Å². The molecule has 0 heterocycles. The average molecular weight is 384 g/mol. The van der Waals surface area contributed by atoms with Crippen molar-refractivity contribution in [1.29, 1.82) is 0 Å². The molecule has 0 saturated heterocycles. The van der Waals surface area contributed by atoms with Crippen LogP contribution in [-0.2, 0) is 12.4 Å². The Bertz CT molecular complexity index is 730. The number of hydrogen-bond donors (Lipinski definition) is 2. The molecule has 0 fully saturated rings. The van der Waals surface area contributed by atoms with Gasteiger partial charge in [-0.3, -0.25) is 0 Å². The lowest BCUT2D eigenvalue weighted by Gasteiger charge is -2.23. The highest BCUT2D eigenvalue weighted by molar-refractivity contribution is 5.36.